The van der Waals surface area contributed by atoms with Gasteiger partial charge >= 0.3 is 6.03 Å². The summed E-state index contributed by atoms with van der Waals surface area (Å²) in [5.41, 5.74) is 0.969. The van der Waals surface area contributed by atoms with Crippen molar-refractivity contribution in [3.63, 3.8) is 0 Å². The van der Waals surface area contributed by atoms with Crippen LogP contribution in [0.15, 0.2) is 30.0 Å². The van der Waals surface area contributed by atoms with Gasteiger partial charge in [-0.2, -0.15) is 0 Å². The number of aliphatic hydroxyl groups is 1. The van der Waals surface area contributed by atoms with Gasteiger partial charge in [-0.1, -0.05) is 12.1 Å². The summed E-state index contributed by atoms with van der Waals surface area (Å²) in [5, 5.41) is 16.1. The molecule has 3 N–H and O–H groups in total. The summed E-state index contributed by atoms with van der Waals surface area (Å²) >= 11 is 0. The van der Waals surface area contributed by atoms with Crippen molar-refractivity contribution in [1.29, 1.82) is 0 Å². The highest BCUT2D eigenvalue weighted by Gasteiger charge is 2.34. The molecule has 9 nitrogen and oxygen atoms in total. The molecule has 3 amide bonds. The average Bonchev–Trinajstić information content (AvgIpc) is 3.02. The fourth-order valence-electron chi connectivity index (χ4n) is 3.65. The van der Waals surface area contributed by atoms with Crippen LogP contribution in [-0.2, 0) is 4.79 Å². The van der Waals surface area contributed by atoms with Crippen molar-refractivity contribution in [2.75, 3.05) is 66.5 Å². The van der Waals surface area contributed by atoms with E-state index in [9.17, 15) is 14.7 Å². The lowest BCUT2D eigenvalue weighted by molar-refractivity contribution is -0.123. The summed E-state index contributed by atoms with van der Waals surface area (Å²) in [5.74, 6) is 0.277. The van der Waals surface area contributed by atoms with Crippen molar-refractivity contribution in [2.45, 2.75) is 12.5 Å². The molecule has 2 saturated heterocycles. The third-order valence-corrected chi connectivity index (χ3v) is 5.59. The molecule has 2 heterocycles. The van der Waals surface area contributed by atoms with Gasteiger partial charge in [-0.05, 0) is 50.3 Å². The molecule has 32 heavy (non-hydrogen) atoms. The molecule has 10 heteroatoms. The highest BCUT2D eigenvalue weighted by Crippen LogP contribution is 2.17. The lowest BCUT2D eigenvalue weighted by Gasteiger charge is -2.32. The first-order valence-corrected chi connectivity index (χ1v) is 10.7. The fourth-order valence-corrected chi connectivity index (χ4v) is 3.65. The van der Waals surface area contributed by atoms with Crippen LogP contribution in [0.1, 0.15) is 12.0 Å². The second-order valence-electron chi connectivity index (χ2n) is 8.03. The van der Waals surface area contributed by atoms with Crippen LogP contribution in [0.4, 0.5) is 4.79 Å². The number of piperazine rings is 1. The van der Waals surface area contributed by atoms with Gasteiger partial charge < -0.3 is 30.3 Å². The van der Waals surface area contributed by atoms with Gasteiger partial charge in [0.1, 0.15) is 11.4 Å². The Morgan fingerprint density at radius 1 is 1.19 bits per heavy atom. The van der Waals surface area contributed by atoms with Crippen LogP contribution in [0.3, 0.4) is 0 Å². The van der Waals surface area contributed by atoms with Gasteiger partial charge in [0, 0.05) is 32.7 Å². The molecule has 178 valence electrons. The highest BCUT2D eigenvalue weighted by atomic mass is 35.5. The number of nitrogens with zero attached hydrogens (tertiary/aromatic N) is 3. The van der Waals surface area contributed by atoms with Gasteiger partial charge in [0.2, 0.25) is 0 Å². The summed E-state index contributed by atoms with van der Waals surface area (Å²) in [7, 11) is 3.73. The monoisotopic (exact) mass is 467 g/mol. The predicted molar refractivity (Wildman–Crippen MR) is 126 cm³/mol. The van der Waals surface area contributed by atoms with E-state index < -0.39 is 18.0 Å². The highest BCUT2D eigenvalue weighted by molar-refractivity contribution is 6.14. The second-order valence-corrected chi connectivity index (χ2v) is 8.03. The van der Waals surface area contributed by atoms with E-state index in [1.807, 2.05) is 0 Å². The Labute approximate surface area is 195 Å². The Morgan fingerprint density at radius 2 is 1.88 bits per heavy atom. The standard InChI is InChI=1S/C22H33N5O4.ClH/c1-25-10-12-26(13-11-25)9-3-8-23-15-18(28)16-27-21(29)20(24-22(27)30)14-17-4-6-19(31-2)7-5-17;/h4-7,14,18,23,28H,3,8-13,15-16H2,1-2H3,(H,24,30);1H/b20-14-;. The number of benzene rings is 1. The van der Waals surface area contributed by atoms with Gasteiger partial charge in [0.15, 0.2) is 0 Å². The van der Waals surface area contributed by atoms with Crippen LogP contribution >= 0.6 is 12.4 Å². The Balaban J connectivity index is 0.00000363. The number of carbonyl (C=O) groups is 2. The summed E-state index contributed by atoms with van der Waals surface area (Å²) in [6.45, 7) is 6.50. The first kappa shape index (κ1) is 26.1. The number of methoxy groups -OCH3 is 1. The second kappa shape index (κ2) is 12.8. The number of carbonyl (C=O) groups excluding carboxylic acids is 2. The molecular weight excluding hydrogens is 434 g/mol. The largest absolute Gasteiger partial charge is 0.497 e. The molecular formula is C22H34ClN5O4. The number of likely N-dealkylation sites (N-methyl/N-ethyl adjacent to an activating group) is 1. The molecule has 2 aliphatic heterocycles. The van der Waals surface area contributed by atoms with E-state index in [1.54, 1.807) is 37.5 Å². The number of urea groups is 1. The molecule has 1 aromatic rings. The number of hydrogen-bond donors (Lipinski definition) is 3. The van der Waals surface area contributed by atoms with Gasteiger partial charge in [-0.25, -0.2) is 4.79 Å². The zero-order valence-electron chi connectivity index (χ0n) is 18.7. The van der Waals surface area contributed by atoms with E-state index in [4.69, 9.17) is 4.74 Å². The lowest BCUT2D eigenvalue weighted by Crippen LogP contribution is -2.45. The molecule has 0 spiro atoms. The van der Waals surface area contributed by atoms with Crippen molar-refractivity contribution in [3.8, 4) is 5.75 Å². The average molecular weight is 468 g/mol. The molecule has 0 bridgehead atoms. The van der Waals surface area contributed by atoms with Gasteiger partial charge in [0.05, 0.1) is 19.8 Å². The summed E-state index contributed by atoms with van der Waals surface area (Å²) < 4.78 is 5.12. The SMILES string of the molecule is COc1ccc(/C=C2\NC(=O)N(CC(O)CNCCCN3CCN(C)CC3)C2=O)cc1.Cl. The quantitative estimate of drug-likeness (QED) is 0.263. The maximum atomic E-state index is 12.6. The number of nitrogens with one attached hydrogen (secondary N) is 2. The third kappa shape index (κ3) is 7.46. The zero-order valence-corrected chi connectivity index (χ0v) is 19.6. The number of hydrogen-bond acceptors (Lipinski definition) is 7. The minimum atomic E-state index is -0.821. The zero-order chi connectivity index (χ0) is 22.2. The van der Waals surface area contributed by atoms with Crippen LogP contribution < -0.4 is 15.4 Å². The van der Waals surface area contributed by atoms with Crippen molar-refractivity contribution in [3.05, 3.63) is 35.5 Å². The Hall–Kier alpha value is -2.17. The first-order chi connectivity index (χ1) is 15.0. The van der Waals surface area contributed by atoms with Crippen LogP contribution in [0.25, 0.3) is 6.08 Å². The maximum Gasteiger partial charge on any atom is 0.329 e. The molecule has 1 atom stereocenters. The van der Waals surface area contributed by atoms with E-state index in [0.29, 0.717) is 12.3 Å². The molecule has 2 aliphatic rings. The van der Waals surface area contributed by atoms with E-state index in [-0.39, 0.29) is 24.6 Å². The maximum absolute atomic E-state index is 12.6. The minimum Gasteiger partial charge on any atom is -0.497 e. The Morgan fingerprint density at radius 3 is 2.53 bits per heavy atom. The number of β-amino-alcohol motifs (C(OH)–C–C–N with tert-alkyl or cyclic N) is 1. The Bertz CT molecular complexity index is 781. The van der Waals surface area contributed by atoms with Crippen molar-refractivity contribution in [2.24, 2.45) is 0 Å². The summed E-state index contributed by atoms with van der Waals surface area (Å²) in [6.07, 6.45) is 1.79. The Kier molecular flexibility index (Phi) is 10.4. The fraction of sp³-hybridized carbons (Fsp3) is 0.545. The summed E-state index contributed by atoms with van der Waals surface area (Å²) in [6, 6.07) is 6.65. The summed E-state index contributed by atoms with van der Waals surface area (Å²) in [4.78, 5) is 30.6. The van der Waals surface area contributed by atoms with Crippen LogP contribution in [0.2, 0.25) is 0 Å². The molecule has 0 aromatic heterocycles. The first-order valence-electron chi connectivity index (χ1n) is 10.7. The van der Waals surface area contributed by atoms with Gasteiger partial charge in [-0.3, -0.25) is 9.69 Å². The topological polar surface area (TPSA) is 97.4 Å². The van der Waals surface area contributed by atoms with Crippen LogP contribution in [0, 0.1) is 0 Å². The van der Waals surface area contributed by atoms with E-state index >= 15 is 0 Å². The molecule has 2 fully saturated rings. The van der Waals surface area contributed by atoms with Crippen molar-refractivity contribution in [1.82, 2.24) is 25.3 Å². The predicted octanol–water partition coefficient (Wildman–Crippen LogP) is 0.598. The smallest absolute Gasteiger partial charge is 0.329 e. The van der Waals surface area contributed by atoms with Crippen molar-refractivity contribution >= 4 is 30.4 Å². The third-order valence-electron chi connectivity index (χ3n) is 5.59. The number of rotatable bonds is 10. The van der Waals surface area contributed by atoms with Crippen LogP contribution in [0.5, 0.6) is 5.75 Å². The molecule has 0 radical (unpaired) electrons. The molecule has 3 rings (SSSR count). The van der Waals surface area contributed by atoms with Crippen LogP contribution in [-0.4, -0.2) is 104 Å². The van der Waals surface area contributed by atoms with Crippen molar-refractivity contribution < 1.29 is 19.4 Å². The van der Waals surface area contributed by atoms with E-state index in [1.165, 1.54) is 0 Å². The number of amides is 3. The van der Waals surface area contributed by atoms with E-state index in [2.05, 4.69) is 27.5 Å². The normalized spacial score (nSPS) is 19.7. The van der Waals surface area contributed by atoms with Gasteiger partial charge in [0.25, 0.3) is 5.91 Å². The number of halogens is 1. The number of aliphatic hydroxyl groups excluding tert-OH is 1. The molecule has 1 unspecified atom stereocenters. The molecule has 0 aliphatic carbocycles. The number of ether oxygens (including phenoxy) is 1. The molecule has 1 aromatic carbocycles. The molecule has 0 saturated carbocycles. The van der Waals surface area contributed by atoms with E-state index in [0.717, 1.165) is 56.2 Å². The lowest BCUT2D eigenvalue weighted by atomic mass is 10.2. The minimum absolute atomic E-state index is 0. The number of imide groups is 1. The van der Waals surface area contributed by atoms with Gasteiger partial charge in [-0.15, -0.1) is 12.4 Å².